The van der Waals surface area contributed by atoms with Gasteiger partial charge in [0, 0.05) is 27.3 Å². The maximum absolute atomic E-state index is 9.31. The van der Waals surface area contributed by atoms with Crippen molar-refractivity contribution in [1.82, 2.24) is 10.4 Å². The Hall–Kier alpha value is -0.260. The van der Waals surface area contributed by atoms with Gasteiger partial charge in [-0.3, -0.25) is 0 Å². The lowest BCUT2D eigenvalue weighted by molar-refractivity contribution is 0.0582. The summed E-state index contributed by atoms with van der Waals surface area (Å²) in [6, 6.07) is 8.64. The fourth-order valence-electron chi connectivity index (χ4n) is 2.26. The molecule has 1 aliphatic heterocycles. The first-order chi connectivity index (χ1) is 8.65. The van der Waals surface area contributed by atoms with Crippen LogP contribution in [0.15, 0.2) is 29.2 Å². The summed E-state index contributed by atoms with van der Waals surface area (Å²) in [4.78, 5) is 1.22. The van der Waals surface area contributed by atoms with E-state index in [4.69, 9.17) is 11.6 Å². The molecule has 2 rings (SSSR count). The van der Waals surface area contributed by atoms with E-state index in [1.807, 2.05) is 41.0 Å². The highest BCUT2D eigenvalue weighted by atomic mass is 35.5. The smallest absolute Gasteiger partial charge is 0.109 e. The summed E-state index contributed by atoms with van der Waals surface area (Å²) in [6.07, 6.45) is 1.05. The zero-order valence-corrected chi connectivity index (χ0v) is 12.2. The second kappa shape index (κ2) is 6.26. The number of halogens is 1. The lowest BCUT2D eigenvalue weighted by Crippen LogP contribution is -2.38. The third kappa shape index (κ3) is 3.00. The number of thioether (sulfide) groups is 1. The highest BCUT2D eigenvalue weighted by Gasteiger charge is 2.38. The van der Waals surface area contributed by atoms with Crippen LogP contribution in [-0.2, 0) is 0 Å². The molecule has 2 N–H and O–H groups in total. The number of hydrogen-bond donors (Lipinski definition) is 2. The Morgan fingerprint density at radius 3 is 2.61 bits per heavy atom. The monoisotopic (exact) mass is 286 g/mol. The summed E-state index contributed by atoms with van der Waals surface area (Å²) in [7, 11) is 0. The first-order valence-corrected chi connectivity index (χ1v) is 7.47. The number of benzene rings is 1. The average Bonchev–Trinajstić information content (AvgIpc) is 2.69. The van der Waals surface area contributed by atoms with E-state index in [0.29, 0.717) is 17.3 Å². The number of nitrogens with one attached hydrogen (secondary N) is 1. The van der Waals surface area contributed by atoms with Crippen molar-refractivity contribution in [2.24, 2.45) is 0 Å². The van der Waals surface area contributed by atoms with Crippen LogP contribution in [0, 0.1) is 0 Å². The molecule has 0 saturated carbocycles. The van der Waals surface area contributed by atoms with Crippen molar-refractivity contribution in [3.05, 3.63) is 29.3 Å². The summed E-state index contributed by atoms with van der Waals surface area (Å²) >= 11 is 7.74. The van der Waals surface area contributed by atoms with E-state index in [2.05, 4.69) is 19.3 Å². The molecule has 100 valence electrons. The number of aliphatic hydroxyl groups is 1. The van der Waals surface area contributed by atoms with Crippen LogP contribution in [-0.4, -0.2) is 34.2 Å². The SMILES string of the molecule is CCC1NN(CO)C(C)C1Sc1ccc(Cl)cc1. The van der Waals surface area contributed by atoms with E-state index in [1.165, 1.54) is 4.90 Å². The minimum atomic E-state index is 0.0509. The zero-order valence-electron chi connectivity index (χ0n) is 10.6. The van der Waals surface area contributed by atoms with E-state index in [0.717, 1.165) is 11.4 Å². The maximum Gasteiger partial charge on any atom is 0.109 e. The van der Waals surface area contributed by atoms with Crippen LogP contribution in [0.2, 0.25) is 5.02 Å². The summed E-state index contributed by atoms with van der Waals surface area (Å²) in [6.45, 7) is 4.36. The average molecular weight is 287 g/mol. The summed E-state index contributed by atoms with van der Waals surface area (Å²) in [5, 5.41) is 12.4. The molecule has 0 amide bonds. The Morgan fingerprint density at radius 1 is 1.39 bits per heavy atom. The normalized spacial score (nSPS) is 28.8. The maximum atomic E-state index is 9.31. The number of hydrazine groups is 1. The van der Waals surface area contributed by atoms with Crippen LogP contribution in [0.4, 0.5) is 0 Å². The molecule has 1 saturated heterocycles. The highest BCUT2D eigenvalue weighted by Crippen LogP contribution is 2.34. The molecule has 1 aromatic rings. The van der Waals surface area contributed by atoms with Crippen LogP contribution >= 0.6 is 23.4 Å². The van der Waals surface area contributed by atoms with Gasteiger partial charge in [0.2, 0.25) is 0 Å². The van der Waals surface area contributed by atoms with Crippen molar-refractivity contribution in [3.8, 4) is 0 Å². The van der Waals surface area contributed by atoms with Crippen LogP contribution in [0.5, 0.6) is 0 Å². The number of rotatable bonds is 4. The van der Waals surface area contributed by atoms with Gasteiger partial charge in [-0.25, -0.2) is 10.4 Å². The Bertz CT molecular complexity index is 385. The molecule has 0 bridgehead atoms. The van der Waals surface area contributed by atoms with Crippen molar-refractivity contribution < 1.29 is 5.11 Å². The van der Waals surface area contributed by atoms with Crippen molar-refractivity contribution in [2.75, 3.05) is 6.73 Å². The van der Waals surface area contributed by atoms with Gasteiger partial charge in [-0.05, 0) is 37.6 Å². The van der Waals surface area contributed by atoms with Gasteiger partial charge in [0.25, 0.3) is 0 Å². The van der Waals surface area contributed by atoms with Gasteiger partial charge in [0.1, 0.15) is 6.73 Å². The second-order valence-corrected chi connectivity index (χ2v) is 6.22. The van der Waals surface area contributed by atoms with E-state index in [-0.39, 0.29) is 6.73 Å². The molecule has 1 fully saturated rings. The second-order valence-electron chi connectivity index (χ2n) is 4.53. The number of aliphatic hydroxyl groups excluding tert-OH is 1. The highest BCUT2D eigenvalue weighted by molar-refractivity contribution is 8.00. The predicted molar refractivity (Wildman–Crippen MR) is 76.7 cm³/mol. The van der Waals surface area contributed by atoms with E-state index in [1.54, 1.807) is 0 Å². The molecule has 0 aromatic heterocycles. The van der Waals surface area contributed by atoms with Crippen molar-refractivity contribution in [2.45, 2.75) is 42.5 Å². The number of hydrogen-bond acceptors (Lipinski definition) is 4. The first kappa shape index (κ1) is 14.2. The van der Waals surface area contributed by atoms with Crippen LogP contribution < -0.4 is 5.43 Å². The van der Waals surface area contributed by atoms with Crippen LogP contribution in [0.25, 0.3) is 0 Å². The number of nitrogens with zero attached hydrogens (tertiary/aromatic N) is 1. The molecule has 1 heterocycles. The first-order valence-electron chi connectivity index (χ1n) is 6.21. The summed E-state index contributed by atoms with van der Waals surface area (Å²) in [5.74, 6) is 0. The Balaban J connectivity index is 2.08. The minimum Gasteiger partial charge on any atom is -0.380 e. The van der Waals surface area contributed by atoms with Crippen LogP contribution in [0.3, 0.4) is 0 Å². The van der Waals surface area contributed by atoms with Gasteiger partial charge in [0.05, 0.1) is 0 Å². The van der Waals surface area contributed by atoms with Crippen molar-refractivity contribution in [3.63, 3.8) is 0 Å². The van der Waals surface area contributed by atoms with E-state index in [9.17, 15) is 5.11 Å². The molecule has 5 heteroatoms. The lowest BCUT2D eigenvalue weighted by Gasteiger charge is -2.21. The third-order valence-corrected chi connectivity index (χ3v) is 5.16. The van der Waals surface area contributed by atoms with E-state index >= 15 is 0 Å². The van der Waals surface area contributed by atoms with Gasteiger partial charge in [0.15, 0.2) is 0 Å². The molecular weight excluding hydrogens is 268 g/mol. The Kier molecular flexibility index (Phi) is 4.92. The van der Waals surface area contributed by atoms with Crippen molar-refractivity contribution >= 4 is 23.4 Å². The Morgan fingerprint density at radius 2 is 2.06 bits per heavy atom. The standard InChI is InChI=1S/C13H19ClN2OS/c1-3-12-13(9(2)16(8-17)15-12)18-11-6-4-10(14)5-7-11/h4-7,9,12-13,15,17H,3,8H2,1-2H3. The third-order valence-electron chi connectivity index (χ3n) is 3.37. The molecule has 0 radical (unpaired) electrons. The van der Waals surface area contributed by atoms with E-state index < -0.39 is 0 Å². The lowest BCUT2D eigenvalue weighted by atomic mass is 10.1. The molecule has 0 spiro atoms. The largest absolute Gasteiger partial charge is 0.380 e. The fraction of sp³-hybridized carbons (Fsp3) is 0.538. The summed E-state index contributed by atoms with van der Waals surface area (Å²) < 4.78 is 0. The van der Waals surface area contributed by atoms with Crippen molar-refractivity contribution in [1.29, 1.82) is 0 Å². The topological polar surface area (TPSA) is 35.5 Å². The molecular formula is C13H19ClN2OS. The summed E-state index contributed by atoms with van der Waals surface area (Å²) in [5.41, 5.74) is 3.36. The fourth-order valence-corrected chi connectivity index (χ4v) is 3.76. The van der Waals surface area contributed by atoms with Gasteiger partial charge in [-0.2, -0.15) is 0 Å². The zero-order chi connectivity index (χ0) is 13.1. The molecule has 3 unspecified atom stereocenters. The molecule has 1 aromatic carbocycles. The van der Waals surface area contributed by atoms with Gasteiger partial charge in [-0.15, -0.1) is 11.8 Å². The molecule has 3 nitrogen and oxygen atoms in total. The Labute approximate surface area is 117 Å². The molecule has 1 aliphatic rings. The van der Waals surface area contributed by atoms with Gasteiger partial charge < -0.3 is 5.11 Å². The van der Waals surface area contributed by atoms with Crippen LogP contribution in [0.1, 0.15) is 20.3 Å². The molecule has 18 heavy (non-hydrogen) atoms. The van der Waals surface area contributed by atoms with Gasteiger partial charge in [-0.1, -0.05) is 18.5 Å². The van der Waals surface area contributed by atoms with Gasteiger partial charge >= 0.3 is 0 Å². The minimum absolute atomic E-state index is 0.0509. The molecule has 0 aliphatic carbocycles. The molecule has 3 atom stereocenters. The predicted octanol–water partition coefficient (Wildman–Crippen LogP) is 2.74. The quantitative estimate of drug-likeness (QED) is 0.892.